The molecule has 1 unspecified atom stereocenters. The van der Waals surface area contributed by atoms with Crippen molar-refractivity contribution in [3.8, 4) is 0 Å². The first kappa shape index (κ1) is 18.6. The lowest BCUT2D eigenvalue weighted by molar-refractivity contribution is 0.0931. The molecule has 144 valence electrons. The highest BCUT2D eigenvalue weighted by atomic mass is 16.2. The fourth-order valence-electron chi connectivity index (χ4n) is 3.27. The Balaban J connectivity index is 1.49. The first-order valence-corrected chi connectivity index (χ1v) is 9.62. The molecule has 1 N–H and O–H groups in total. The standard InChI is InChI=1S/C24H22N4O/c29-24(23-18-28(27-26-23)17-20-12-6-2-7-13-20)25-22(21-14-8-3-9-15-21)16-19-10-4-1-5-11-19/h1-15,18,22H,16-17H2,(H,25,29). The minimum atomic E-state index is -0.228. The molecule has 0 aliphatic carbocycles. The van der Waals surface area contributed by atoms with Crippen molar-refractivity contribution in [3.63, 3.8) is 0 Å². The second-order valence-corrected chi connectivity index (χ2v) is 6.91. The molecule has 29 heavy (non-hydrogen) atoms. The Labute approximate surface area is 170 Å². The lowest BCUT2D eigenvalue weighted by Gasteiger charge is -2.19. The molecule has 4 rings (SSSR count). The van der Waals surface area contributed by atoms with Crippen molar-refractivity contribution in [2.75, 3.05) is 0 Å². The molecule has 4 aromatic rings. The average molecular weight is 382 g/mol. The maximum absolute atomic E-state index is 12.9. The number of aromatic nitrogens is 3. The zero-order valence-electron chi connectivity index (χ0n) is 16.0. The molecule has 1 aromatic heterocycles. The Morgan fingerprint density at radius 2 is 1.41 bits per heavy atom. The van der Waals surface area contributed by atoms with Gasteiger partial charge >= 0.3 is 0 Å². The van der Waals surface area contributed by atoms with E-state index in [1.54, 1.807) is 10.9 Å². The van der Waals surface area contributed by atoms with Gasteiger partial charge in [-0.15, -0.1) is 5.10 Å². The highest BCUT2D eigenvalue weighted by molar-refractivity contribution is 5.92. The van der Waals surface area contributed by atoms with Gasteiger partial charge in [0.05, 0.1) is 18.8 Å². The van der Waals surface area contributed by atoms with E-state index in [2.05, 4.69) is 27.8 Å². The van der Waals surface area contributed by atoms with Crippen LogP contribution in [0.1, 0.15) is 33.2 Å². The smallest absolute Gasteiger partial charge is 0.273 e. The molecular formula is C24H22N4O. The van der Waals surface area contributed by atoms with E-state index in [-0.39, 0.29) is 11.9 Å². The summed E-state index contributed by atoms with van der Waals surface area (Å²) in [7, 11) is 0. The Hall–Kier alpha value is -3.73. The van der Waals surface area contributed by atoms with Crippen molar-refractivity contribution < 1.29 is 4.79 Å². The average Bonchev–Trinajstić information content (AvgIpc) is 3.24. The Kier molecular flexibility index (Phi) is 5.76. The molecule has 0 spiro atoms. The third-order valence-electron chi connectivity index (χ3n) is 4.75. The van der Waals surface area contributed by atoms with Gasteiger partial charge in [0.1, 0.15) is 0 Å². The topological polar surface area (TPSA) is 59.8 Å². The Morgan fingerprint density at radius 3 is 2.07 bits per heavy atom. The number of hydrogen-bond acceptors (Lipinski definition) is 3. The lowest BCUT2D eigenvalue weighted by atomic mass is 9.99. The summed E-state index contributed by atoms with van der Waals surface area (Å²) in [6.45, 7) is 0.577. The molecule has 0 fully saturated rings. The molecule has 1 heterocycles. The van der Waals surface area contributed by atoms with Crippen LogP contribution in [-0.2, 0) is 13.0 Å². The second kappa shape index (κ2) is 8.97. The van der Waals surface area contributed by atoms with E-state index in [4.69, 9.17) is 0 Å². The predicted octanol–water partition coefficient (Wildman–Crippen LogP) is 4.04. The van der Waals surface area contributed by atoms with Gasteiger partial charge in [0.15, 0.2) is 5.69 Å². The van der Waals surface area contributed by atoms with Gasteiger partial charge < -0.3 is 5.32 Å². The number of nitrogens with one attached hydrogen (secondary N) is 1. The van der Waals surface area contributed by atoms with Crippen molar-refractivity contribution in [3.05, 3.63) is 120 Å². The summed E-state index contributed by atoms with van der Waals surface area (Å²) in [5.41, 5.74) is 3.64. The van der Waals surface area contributed by atoms with Crippen LogP contribution in [0.25, 0.3) is 0 Å². The van der Waals surface area contributed by atoms with Gasteiger partial charge in [-0.2, -0.15) is 0 Å². The Morgan fingerprint density at radius 1 is 0.828 bits per heavy atom. The molecule has 1 amide bonds. The molecule has 3 aromatic carbocycles. The first-order valence-electron chi connectivity index (χ1n) is 9.62. The minimum absolute atomic E-state index is 0.148. The molecular weight excluding hydrogens is 360 g/mol. The fourth-order valence-corrected chi connectivity index (χ4v) is 3.27. The van der Waals surface area contributed by atoms with E-state index in [0.29, 0.717) is 18.7 Å². The number of carbonyl (C=O) groups is 1. The van der Waals surface area contributed by atoms with Crippen molar-refractivity contribution >= 4 is 5.91 Å². The highest BCUT2D eigenvalue weighted by Gasteiger charge is 2.18. The minimum Gasteiger partial charge on any atom is -0.343 e. The summed E-state index contributed by atoms with van der Waals surface area (Å²) >= 11 is 0. The van der Waals surface area contributed by atoms with Gasteiger partial charge in [-0.25, -0.2) is 4.68 Å². The molecule has 0 aliphatic rings. The molecule has 5 nitrogen and oxygen atoms in total. The van der Waals surface area contributed by atoms with E-state index < -0.39 is 0 Å². The van der Waals surface area contributed by atoms with Crippen LogP contribution < -0.4 is 5.32 Å². The number of benzene rings is 3. The molecule has 0 saturated carbocycles. The number of carbonyl (C=O) groups excluding carboxylic acids is 1. The number of nitrogens with zero attached hydrogens (tertiary/aromatic N) is 3. The molecule has 0 radical (unpaired) electrons. The summed E-state index contributed by atoms with van der Waals surface area (Å²) in [6, 6.07) is 30.0. The third kappa shape index (κ3) is 4.96. The van der Waals surface area contributed by atoms with Gasteiger partial charge in [-0.05, 0) is 23.1 Å². The molecule has 0 saturated heterocycles. The summed E-state index contributed by atoms with van der Waals surface area (Å²) in [6.07, 6.45) is 2.39. The van der Waals surface area contributed by atoms with Gasteiger partial charge in [0, 0.05) is 0 Å². The number of hydrogen-bond donors (Lipinski definition) is 1. The fraction of sp³-hybridized carbons (Fsp3) is 0.125. The lowest BCUT2D eigenvalue weighted by Crippen LogP contribution is -2.30. The normalized spacial score (nSPS) is 11.7. The highest BCUT2D eigenvalue weighted by Crippen LogP contribution is 2.19. The first-order chi connectivity index (χ1) is 14.3. The van der Waals surface area contributed by atoms with E-state index in [1.165, 1.54) is 0 Å². The van der Waals surface area contributed by atoms with E-state index >= 15 is 0 Å². The quantitative estimate of drug-likeness (QED) is 0.525. The summed E-state index contributed by atoms with van der Waals surface area (Å²) in [5, 5.41) is 11.3. The van der Waals surface area contributed by atoms with Crippen molar-refractivity contribution in [1.29, 1.82) is 0 Å². The summed E-state index contributed by atoms with van der Waals surface area (Å²) in [4.78, 5) is 12.9. The maximum Gasteiger partial charge on any atom is 0.273 e. The molecule has 1 atom stereocenters. The van der Waals surface area contributed by atoms with Crippen LogP contribution in [0.2, 0.25) is 0 Å². The van der Waals surface area contributed by atoms with Crippen LogP contribution in [0.3, 0.4) is 0 Å². The maximum atomic E-state index is 12.9. The zero-order valence-corrected chi connectivity index (χ0v) is 16.0. The van der Waals surface area contributed by atoms with Crippen LogP contribution in [0.4, 0.5) is 0 Å². The SMILES string of the molecule is O=C(NC(Cc1ccccc1)c1ccccc1)c1cn(Cc2ccccc2)nn1. The largest absolute Gasteiger partial charge is 0.343 e. The van der Waals surface area contributed by atoms with Gasteiger partial charge in [0.2, 0.25) is 0 Å². The van der Waals surface area contributed by atoms with Crippen LogP contribution in [0.15, 0.2) is 97.2 Å². The van der Waals surface area contributed by atoms with E-state index in [1.807, 2.05) is 78.9 Å². The summed E-state index contributed by atoms with van der Waals surface area (Å²) in [5.74, 6) is -0.228. The van der Waals surface area contributed by atoms with E-state index in [9.17, 15) is 4.79 Å². The van der Waals surface area contributed by atoms with Crippen LogP contribution >= 0.6 is 0 Å². The number of amides is 1. The monoisotopic (exact) mass is 382 g/mol. The van der Waals surface area contributed by atoms with Gasteiger partial charge in [-0.1, -0.05) is 96.2 Å². The molecule has 0 aliphatic heterocycles. The zero-order chi connectivity index (χ0) is 19.9. The van der Waals surface area contributed by atoms with Gasteiger partial charge in [0.25, 0.3) is 5.91 Å². The molecule has 5 heteroatoms. The van der Waals surface area contributed by atoms with Crippen molar-refractivity contribution in [2.24, 2.45) is 0 Å². The third-order valence-corrected chi connectivity index (χ3v) is 4.75. The van der Waals surface area contributed by atoms with Gasteiger partial charge in [-0.3, -0.25) is 4.79 Å². The van der Waals surface area contributed by atoms with E-state index in [0.717, 1.165) is 16.7 Å². The van der Waals surface area contributed by atoms with Crippen molar-refractivity contribution in [1.82, 2.24) is 20.3 Å². The predicted molar refractivity (Wildman–Crippen MR) is 112 cm³/mol. The van der Waals surface area contributed by atoms with Crippen molar-refractivity contribution in [2.45, 2.75) is 19.0 Å². The Bertz CT molecular complexity index is 1050. The number of rotatable bonds is 7. The van der Waals surface area contributed by atoms with Crippen LogP contribution in [0, 0.1) is 0 Å². The van der Waals surface area contributed by atoms with Crippen LogP contribution in [-0.4, -0.2) is 20.9 Å². The second-order valence-electron chi connectivity index (χ2n) is 6.91. The molecule has 0 bridgehead atoms. The van der Waals surface area contributed by atoms with Crippen LogP contribution in [0.5, 0.6) is 0 Å². The summed E-state index contributed by atoms with van der Waals surface area (Å²) < 4.78 is 1.68.